The van der Waals surface area contributed by atoms with E-state index >= 15 is 0 Å². The largest absolute Gasteiger partial charge is 0.273 e. The summed E-state index contributed by atoms with van der Waals surface area (Å²) < 4.78 is 0. The lowest BCUT2D eigenvalue weighted by atomic mass is 9.90. The first-order valence-corrected chi connectivity index (χ1v) is 10.3. The Hall–Kier alpha value is -1.72. The lowest BCUT2D eigenvalue weighted by molar-refractivity contribution is -0.126. The number of hydrogen-bond donors (Lipinski definition) is 2. The van der Waals surface area contributed by atoms with E-state index in [0.29, 0.717) is 11.8 Å². The van der Waals surface area contributed by atoms with Gasteiger partial charge in [-0.2, -0.15) is 10.2 Å². The Labute approximate surface area is 155 Å². The van der Waals surface area contributed by atoms with Crippen molar-refractivity contribution >= 4 is 24.2 Å². The molecule has 0 radical (unpaired) electrons. The number of carbonyl (C=O) groups is 2. The van der Waals surface area contributed by atoms with Crippen molar-refractivity contribution < 1.29 is 9.59 Å². The highest BCUT2D eigenvalue weighted by atomic mass is 16.2. The molecule has 4 bridgehead atoms. The van der Waals surface area contributed by atoms with Crippen LogP contribution < -0.4 is 10.9 Å². The van der Waals surface area contributed by atoms with Gasteiger partial charge in [-0.1, -0.05) is 12.8 Å². The average Bonchev–Trinajstić information content (AvgIpc) is 3.41. The molecular weight excluding hydrogens is 328 g/mol. The Balaban J connectivity index is 1.09. The van der Waals surface area contributed by atoms with Crippen LogP contribution in [0.4, 0.5) is 0 Å². The average molecular weight is 358 g/mol. The molecule has 6 nitrogen and oxygen atoms in total. The Bertz CT molecular complexity index is 551. The summed E-state index contributed by atoms with van der Waals surface area (Å²) in [6, 6.07) is 0. The van der Waals surface area contributed by atoms with E-state index in [0.717, 1.165) is 23.7 Å². The first kappa shape index (κ1) is 17.7. The second kappa shape index (κ2) is 7.89. The Kier molecular flexibility index (Phi) is 5.36. The predicted molar refractivity (Wildman–Crippen MR) is 100 cm³/mol. The Morgan fingerprint density at radius 2 is 1.19 bits per heavy atom. The van der Waals surface area contributed by atoms with Gasteiger partial charge in [-0.15, -0.1) is 0 Å². The van der Waals surface area contributed by atoms with E-state index in [1.165, 1.54) is 51.4 Å². The molecule has 2 amide bonds. The molecular formula is C20H30N4O2. The Morgan fingerprint density at radius 1 is 0.731 bits per heavy atom. The first-order chi connectivity index (χ1) is 12.7. The molecule has 6 atom stereocenters. The van der Waals surface area contributed by atoms with Crippen LogP contribution in [0.2, 0.25) is 0 Å². The zero-order chi connectivity index (χ0) is 17.9. The minimum Gasteiger partial charge on any atom is -0.273 e. The fourth-order valence-electron chi connectivity index (χ4n) is 5.70. The van der Waals surface area contributed by atoms with Gasteiger partial charge in [0.2, 0.25) is 11.8 Å². The topological polar surface area (TPSA) is 82.9 Å². The summed E-state index contributed by atoms with van der Waals surface area (Å²) in [6.07, 6.45) is 14.5. The highest BCUT2D eigenvalue weighted by molar-refractivity contribution is 5.84. The molecule has 4 aliphatic rings. The molecule has 6 unspecified atom stereocenters. The van der Waals surface area contributed by atoms with Crippen LogP contribution in [0.3, 0.4) is 0 Å². The lowest BCUT2D eigenvalue weighted by Gasteiger charge is -2.16. The van der Waals surface area contributed by atoms with Crippen molar-refractivity contribution in [1.82, 2.24) is 10.9 Å². The summed E-state index contributed by atoms with van der Waals surface area (Å²) in [7, 11) is 0. The van der Waals surface area contributed by atoms with Crippen molar-refractivity contribution in [2.75, 3.05) is 0 Å². The molecule has 0 heterocycles. The van der Waals surface area contributed by atoms with Crippen molar-refractivity contribution in [3.63, 3.8) is 0 Å². The highest BCUT2D eigenvalue weighted by Gasteiger charge is 2.39. The van der Waals surface area contributed by atoms with Crippen LogP contribution in [0.1, 0.15) is 64.2 Å². The molecule has 4 fully saturated rings. The minimum absolute atomic E-state index is 0.142. The lowest BCUT2D eigenvalue weighted by Crippen LogP contribution is -2.24. The van der Waals surface area contributed by atoms with Crippen LogP contribution in [0.5, 0.6) is 0 Å². The number of nitrogens with zero attached hydrogens (tertiary/aromatic N) is 2. The van der Waals surface area contributed by atoms with Gasteiger partial charge in [0.05, 0.1) is 0 Å². The van der Waals surface area contributed by atoms with Crippen molar-refractivity contribution in [2.24, 2.45) is 45.7 Å². The molecule has 2 N–H and O–H groups in total. The van der Waals surface area contributed by atoms with Crippen molar-refractivity contribution in [1.29, 1.82) is 0 Å². The van der Waals surface area contributed by atoms with Crippen molar-refractivity contribution in [2.45, 2.75) is 64.2 Å². The van der Waals surface area contributed by atoms with Crippen LogP contribution in [0, 0.1) is 35.5 Å². The zero-order valence-electron chi connectivity index (χ0n) is 15.4. The van der Waals surface area contributed by atoms with E-state index in [2.05, 4.69) is 21.1 Å². The number of nitrogens with one attached hydrogen (secondary N) is 2. The number of hydrogen-bond acceptors (Lipinski definition) is 4. The molecule has 0 spiro atoms. The second-order valence-electron chi connectivity index (χ2n) is 8.80. The minimum atomic E-state index is -0.211. The van der Waals surface area contributed by atoms with E-state index in [4.69, 9.17) is 0 Å². The quantitative estimate of drug-likeness (QED) is 0.542. The molecule has 6 heteroatoms. The van der Waals surface area contributed by atoms with Crippen LogP contribution in [-0.4, -0.2) is 24.2 Å². The summed E-state index contributed by atoms with van der Waals surface area (Å²) in [6.45, 7) is 0. The summed E-state index contributed by atoms with van der Waals surface area (Å²) in [5.41, 5.74) is 5.11. The summed E-state index contributed by atoms with van der Waals surface area (Å²) in [5.74, 6) is 3.90. The molecule has 0 aromatic heterocycles. The maximum absolute atomic E-state index is 11.8. The van der Waals surface area contributed by atoms with Gasteiger partial charge < -0.3 is 0 Å². The SMILES string of the molecule is O=C(CCC(=O)NN=CC1CC2CCC1C2)NN=CC1CC2CCC1C2. The normalized spacial score (nSPS) is 37.8. The molecule has 26 heavy (non-hydrogen) atoms. The summed E-state index contributed by atoms with van der Waals surface area (Å²) in [5, 5.41) is 8.20. The number of amides is 2. The van der Waals surface area contributed by atoms with Gasteiger partial charge in [-0.25, -0.2) is 10.9 Å². The van der Waals surface area contributed by atoms with Crippen LogP contribution >= 0.6 is 0 Å². The molecule has 0 aromatic rings. The number of fused-ring (bicyclic) bond motifs is 4. The van der Waals surface area contributed by atoms with Gasteiger partial charge in [-0.3, -0.25) is 9.59 Å². The molecule has 0 aromatic carbocycles. The van der Waals surface area contributed by atoms with Gasteiger partial charge in [0.15, 0.2) is 0 Å². The van der Waals surface area contributed by atoms with Crippen molar-refractivity contribution in [3.05, 3.63) is 0 Å². The smallest absolute Gasteiger partial charge is 0.240 e. The van der Waals surface area contributed by atoms with Gasteiger partial charge in [-0.05, 0) is 74.0 Å². The van der Waals surface area contributed by atoms with Gasteiger partial charge >= 0.3 is 0 Å². The first-order valence-electron chi connectivity index (χ1n) is 10.3. The fraction of sp³-hybridized carbons (Fsp3) is 0.800. The molecule has 0 aliphatic heterocycles. The summed E-state index contributed by atoms with van der Waals surface area (Å²) in [4.78, 5) is 23.6. The molecule has 4 aliphatic carbocycles. The number of hydrazone groups is 2. The molecule has 142 valence electrons. The fourth-order valence-corrected chi connectivity index (χ4v) is 5.70. The maximum Gasteiger partial charge on any atom is 0.240 e. The van der Waals surface area contributed by atoms with Crippen LogP contribution in [0.15, 0.2) is 10.2 Å². The molecule has 0 saturated heterocycles. The second-order valence-corrected chi connectivity index (χ2v) is 8.80. The van der Waals surface area contributed by atoms with Crippen LogP contribution in [0.25, 0.3) is 0 Å². The van der Waals surface area contributed by atoms with Gasteiger partial charge in [0.25, 0.3) is 0 Å². The molecule has 4 rings (SSSR count). The van der Waals surface area contributed by atoms with E-state index in [1.807, 2.05) is 12.4 Å². The Morgan fingerprint density at radius 3 is 1.54 bits per heavy atom. The molecule has 4 saturated carbocycles. The number of rotatable bonds is 7. The third-order valence-corrected chi connectivity index (χ3v) is 7.08. The van der Waals surface area contributed by atoms with Gasteiger partial charge in [0, 0.05) is 25.3 Å². The monoisotopic (exact) mass is 358 g/mol. The highest BCUT2D eigenvalue weighted by Crippen LogP contribution is 2.48. The summed E-state index contributed by atoms with van der Waals surface area (Å²) >= 11 is 0. The third-order valence-electron chi connectivity index (χ3n) is 7.08. The van der Waals surface area contributed by atoms with Crippen LogP contribution in [-0.2, 0) is 9.59 Å². The van der Waals surface area contributed by atoms with E-state index < -0.39 is 0 Å². The number of carbonyl (C=O) groups excluding carboxylic acids is 2. The van der Waals surface area contributed by atoms with E-state index in [-0.39, 0.29) is 24.7 Å². The maximum atomic E-state index is 11.8. The third kappa shape index (κ3) is 4.15. The van der Waals surface area contributed by atoms with E-state index in [1.54, 1.807) is 0 Å². The standard InChI is InChI=1S/C20H30N4O2/c25-19(23-21-11-17-9-13-1-3-15(17)7-13)5-6-20(26)24-22-12-18-10-14-2-4-16(18)8-14/h11-18H,1-10H2,(H,23,25)(H,24,26). The predicted octanol–water partition coefficient (Wildman–Crippen LogP) is 2.84. The zero-order valence-corrected chi connectivity index (χ0v) is 15.4. The van der Waals surface area contributed by atoms with E-state index in [9.17, 15) is 9.59 Å². The van der Waals surface area contributed by atoms with Gasteiger partial charge in [0.1, 0.15) is 0 Å². The van der Waals surface area contributed by atoms with Crippen molar-refractivity contribution in [3.8, 4) is 0 Å².